The third-order valence-electron chi connectivity index (χ3n) is 15.5. The molecule has 0 spiro atoms. The number of esters is 1. The Morgan fingerprint density at radius 2 is 1.69 bits per heavy atom. The third-order valence-corrected chi connectivity index (χ3v) is 15.5. The molecule has 2 aromatic heterocycles. The number of likely N-dealkylation sites (N-methyl/N-ethyl adjacent to an activating group) is 2. The van der Waals surface area contributed by atoms with Crippen molar-refractivity contribution in [3.8, 4) is 28.1 Å². The number of anilines is 1. The van der Waals surface area contributed by atoms with Gasteiger partial charge in [0.15, 0.2) is 0 Å². The van der Waals surface area contributed by atoms with Gasteiger partial charge < -0.3 is 39.2 Å². The summed E-state index contributed by atoms with van der Waals surface area (Å²) in [5, 5.41) is 8.87. The number of amides is 3. The van der Waals surface area contributed by atoms with Gasteiger partial charge in [0.1, 0.15) is 30.5 Å². The van der Waals surface area contributed by atoms with E-state index in [0.29, 0.717) is 38.1 Å². The summed E-state index contributed by atoms with van der Waals surface area (Å²) in [6.45, 7) is 17.6. The van der Waals surface area contributed by atoms with Gasteiger partial charge in [-0.25, -0.2) is 5.43 Å². The number of carbonyl (C=O) groups is 4. The third kappa shape index (κ3) is 10.7. The number of aromatic nitrogens is 2. The van der Waals surface area contributed by atoms with E-state index in [1.807, 2.05) is 32.2 Å². The largest absolute Gasteiger partial charge is 0.492 e. The number of hydrogen-bond acceptors (Lipinski definition) is 12. The number of carbonyl (C=O) groups excluding carboxylic acids is 4. The van der Waals surface area contributed by atoms with Gasteiger partial charge in [0.05, 0.1) is 36.0 Å². The molecule has 3 N–H and O–H groups in total. The standard InChI is InChI=1S/C55H75N9O7/c1-10-63-47-16-13-36-26-42(47)44(51(63)43-28-40(30-57-49(43)34(4)69-9)62-20-18-61(19-21-62)39-14-15-39)29-55(5,6)32-71-54(68)45-12-11-17-64(59-45)53(67)46-24-35-22-37(36)25-41(23-35)70-31-38(56-7)27-48(65)60(8)50(33(2)3)52(66)58-46/h13,16,22-23,25-26,28,30,33-34,38-39,45-46,50,56,59H,10-12,14-15,17-21,24,27,29,31-32H2,1-9H3,(H,58,66)/t34-,38-,45-,46-,50-/m0/s1. The van der Waals surface area contributed by atoms with Gasteiger partial charge in [-0.05, 0) is 112 Å². The molecule has 4 aromatic rings. The summed E-state index contributed by atoms with van der Waals surface area (Å²) in [6, 6.07) is 12.7. The quantitative estimate of drug-likeness (QED) is 0.180. The first-order valence-electron chi connectivity index (χ1n) is 26.0. The monoisotopic (exact) mass is 974 g/mol. The second kappa shape index (κ2) is 20.9. The lowest BCUT2D eigenvalue weighted by Gasteiger charge is -2.37. The number of nitrogens with one attached hydrogen (secondary N) is 3. The number of pyridine rings is 1. The summed E-state index contributed by atoms with van der Waals surface area (Å²) in [6.07, 6.45) is 6.14. The molecule has 1 aliphatic carbocycles. The Kier molecular flexibility index (Phi) is 14.8. The summed E-state index contributed by atoms with van der Waals surface area (Å²) in [4.78, 5) is 69.0. The van der Waals surface area contributed by atoms with E-state index in [0.717, 1.165) is 88.0 Å². The number of piperazine rings is 1. The number of benzene rings is 2. The van der Waals surface area contributed by atoms with Gasteiger partial charge in [0, 0.05) is 100 Å². The molecule has 16 nitrogen and oxygen atoms in total. The Labute approximate surface area is 419 Å². The summed E-state index contributed by atoms with van der Waals surface area (Å²) in [5.74, 6) is -1.15. The molecule has 71 heavy (non-hydrogen) atoms. The zero-order valence-corrected chi connectivity index (χ0v) is 43.3. The maximum atomic E-state index is 14.8. The molecule has 3 amide bonds. The van der Waals surface area contributed by atoms with Crippen LogP contribution in [0.1, 0.15) is 96.6 Å². The second-order valence-corrected chi connectivity index (χ2v) is 21.6. The summed E-state index contributed by atoms with van der Waals surface area (Å²) in [5.41, 5.74) is 11.5. The van der Waals surface area contributed by atoms with E-state index in [2.05, 4.69) is 88.5 Å². The summed E-state index contributed by atoms with van der Waals surface area (Å²) in [7, 11) is 5.17. The Morgan fingerprint density at radius 3 is 2.39 bits per heavy atom. The first-order valence-corrected chi connectivity index (χ1v) is 26.0. The Balaban J connectivity index is 1.22. The van der Waals surface area contributed by atoms with Gasteiger partial charge in [-0.3, -0.25) is 34.1 Å². The van der Waals surface area contributed by atoms with Crippen LogP contribution in [0, 0.1) is 11.3 Å². The van der Waals surface area contributed by atoms with Crippen LogP contribution in [0.4, 0.5) is 5.69 Å². The second-order valence-electron chi connectivity index (χ2n) is 21.6. The molecule has 5 atom stereocenters. The first-order chi connectivity index (χ1) is 34.1. The minimum atomic E-state index is -1.05. The lowest BCUT2D eigenvalue weighted by molar-refractivity contribution is -0.155. The van der Waals surface area contributed by atoms with Crippen LogP contribution in [0.25, 0.3) is 33.3 Å². The molecule has 6 heterocycles. The molecule has 2 saturated heterocycles. The predicted octanol–water partition coefficient (Wildman–Crippen LogP) is 5.88. The van der Waals surface area contributed by atoms with Crippen LogP contribution in [-0.2, 0) is 48.0 Å². The number of aryl methyl sites for hydroxylation is 1. The normalized spacial score (nSPS) is 24.5. The fourth-order valence-electron chi connectivity index (χ4n) is 11.3. The number of nitrogens with zero attached hydrogens (tertiary/aromatic N) is 6. The molecule has 8 bridgehead atoms. The highest BCUT2D eigenvalue weighted by Gasteiger charge is 2.39. The highest BCUT2D eigenvalue weighted by atomic mass is 16.5. The van der Waals surface area contributed by atoms with Crippen LogP contribution in [0.15, 0.2) is 48.7 Å². The molecule has 2 aromatic carbocycles. The number of cyclic esters (lactones) is 1. The van der Waals surface area contributed by atoms with Crippen molar-refractivity contribution in [1.82, 2.24) is 40.4 Å². The van der Waals surface area contributed by atoms with Gasteiger partial charge in [0.25, 0.3) is 5.91 Å². The SMILES string of the molecule is CCn1c(-c2cc(N3CCN(C4CC4)CC3)cnc2[C@H](C)OC)c2c3cc(ccc31)-c1cc3cc(c1)OC[C@@H](NC)CC(=O)N(C)[C@@H](C(C)C)C(=O)N[C@@H](C3)C(=O)N1CCC[C@H](N1)C(=O)OCC(C)(C)C2. The smallest absolute Gasteiger partial charge is 0.324 e. The number of hydrogen-bond donors (Lipinski definition) is 3. The van der Waals surface area contributed by atoms with Gasteiger partial charge in [-0.2, -0.15) is 0 Å². The summed E-state index contributed by atoms with van der Waals surface area (Å²) >= 11 is 0. The van der Waals surface area contributed by atoms with E-state index < -0.39 is 35.4 Å². The maximum Gasteiger partial charge on any atom is 0.324 e. The molecule has 4 aliphatic heterocycles. The highest BCUT2D eigenvalue weighted by Crippen LogP contribution is 2.44. The van der Waals surface area contributed by atoms with E-state index in [4.69, 9.17) is 19.2 Å². The van der Waals surface area contributed by atoms with Crippen molar-refractivity contribution in [3.05, 3.63) is 65.5 Å². The molecular formula is C55H75N9O7. The summed E-state index contributed by atoms with van der Waals surface area (Å²) < 4.78 is 21.3. The number of hydrazine groups is 1. The van der Waals surface area contributed by atoms with E-state index in [1.165, 1.54) is 22.8 Å². The first kappa shape index (κ1) is 50.4. The van der Waals surface area contributed by atoms with Crippen LogP contribution in [-0.4, -0.2) is 145 Å². The van der Waals surface area contributed by atoms with Crippen molar-refractivity contribution in [1.29, 1.82) is 0 Å². The topological polar surface area (TPSA) is 163 Å². The minimum absolute atomic E-state index is 0.0977. The molecule has 16 heteroatoms. The van der Waals surface area contributed by atoms with Gasteiger partial charge >= 0.3 is 5.97 Å². The van der Waals surface area contributed by atoms with Crippen molar-refractivity contribution < 1.29 is 33.4 Å². The van der Waals surface area contributed by atoms with Gasteiger partial charge in [-0.15, -0.1) is 0 Å². The molecule has 9 rings (SSSR count). The Hall–Kier alpha value is -5.55. The van der Waals surface area contributed by atoms with E-state index in [-0.39, 0.29) is 55.9 Å². The zero-order valence-electron chi connectivity index (χ0n) is 43.3. The van der Waals surface area contributed by atoms with Crippen LogP contribution in [0.2, 0.25) is 0 Å². The van der Waals surface area contributed by atoms with Crippen LogP contribution < -0.4 is 25.7 Å². The van der Waals surface area contributed by atoms with Crippen molar-refractivity contribution in [2.75, 3.05) is 72.0 Å². The molecule has 5 aliphatic rings. The lowest BCUT2D eigenvalue weighted by atomic mass is 9.84. The highest BCUT2D eigenvalue weighted by molar-refractivity contribution is 5.96. The zero-order chi connectivity index (χ0) is 50.3. The fourth-order valence-corrected chi connectivity index (χ4v) is 11.3. The lowest BCUT2D eigenvalue weighted by Crippen LogP contribution is -2.62. The van der Waals surface area contributed by atoms with Crippen LogP contribution >= 0.6 is 0 Å². The van der Waals surface area contributed by atoms with E-state index in [9.17, 15) is 19.2 Å². The number of ether oxygens (including phenoxy) is 3. The number of fused-ring (bicyclic) bond motifs is 7. The van der Waals surface area contributed by atoms with Crippen molar-refractivity contribution in [2.45, 2.75) is 129 Å². The minimum Gasteiger partial charge on any atom is -0.492 e. The van der Waals surface area contributed by atoms with Gasteiger partial charge in [0.2, 0.25) is 11.8 Å². The molecular weight excluding hydrogens is 899 g/mol. The fraction of sp³-hybridized carbons (Fsp3) is 0.582. The number of rotatable bonds is 8. The molecule has 3 fully saturated rings. The average molecular weight is 974 g/mol. The molecule has 1 saturated carbocycles. The van der Waals surface area contributed by atoms with E-state index >= 15 is 0 Å². The van der Waals surface area contributed by atoms with Crippen LogP contribution in [0.5, 0.6) is 5.75 Å². The van der Waals surface area contributed by atoms with Crippen molar-refractivity contribution >= 4 is 40.3 Å². The van der Waals surface area contributed by atoms with Crippen molar-refractivity contribution in [2.24, 2.45) is 11.3 Å². The Bertz CT molecular complexity index is 2640. The maximum absolute atomic E-state index is 14.8. The average Bonchev–Trinajstić information content (AvgIpc) is 4.18. The van der Waals surface area contributed by atoms with Crippen LogP contribution in [0.3, 0.4) is 0 Å². The Morgan fingerprint density at radius 1 is 0.915 bits per heavy atom. The molecule has 0 unspecified atom stereocenters. The molecule has 382 valence electrons. The van der Waals surface area contributed by atoms with E-state index in [1.54, 1.807) is 21.2 Å². The van der Waals surface area contributed by atoms with Gasteiger partial charge in [-0.1, -0.05) is 39.8 Å². The molecule has 0 radical (unpaired) electrons. The van der Waals surface area contributed by atoms with Crippen molar-refractivity contribution in [3.63, 3.8) is 0 Å². The number of methoxy groups -OCH3 is 1. The predicted molar refractivity (Wildman–Crippen MR) is 275 cm³/mol.